The van der Waals surface area contributed by atoms with Gasteiger partial charge in [-0.25, -0.2) is 0 Å². The van der Waals surface area contributed by atoms with Crippen LogP contribution in [0.4, 0.5) is 0 Å². The van der Waals surface area contributed by atoms with Gasteiger partial charge >= 0.3 is 0 Å². The number of methoxy groups -OCH3 is 1. The highest BCUT2D eigenvalue weighted by atomic mass is 16.5. The van der Waals surface area contributed by atoms with Gasteiger partial charge in [-0.15, -0.1) is 6.58 Å². The second-order valence-electron chi connectivity index (χ2n) is 4.19. The number of nitrogens with two attached hydrogens (primary N) is 1. The van der Waals surface area contributed by atoms with Crippen molar-refractivity contribution in [1.82, 2.24) is 0 Å². The molecule has 1 rings (SSSR count). The van der Waals surface area contributed by atoms with E-state index in [-0.39, 0.29) is 18.4 Å². The molecular formula is C14H21NO3. The van der Waals surface area contributed by atoms with Gasteiger partial charge in [0.25, 0.3) is 0 Å². The van der Waals surface area contributed by atoms with E-state index in [0.717, 1.165) is 11.1 Å². The van der Waals surface area contributed by atoms with E-state index in [4.69, 9.17) is 15.6 Å². The molecule has 0 aromatic heterocycles. The molecule has 1 atom stereocenters. The summed E-state index contributed by atoms with van der Waals surface area (Å²) in [4.78, 5) is 0. The maximum Gasteiger partial charge on any atom is 0.160 e. The molecule has 0 saturated carbocycles. The summed E-state index contributed by atoms with van der Waals surface area (Å²) >= 11 is 0. The normalized spacial score (nSPS) is 12.2. The maximum absolute atomic E-state index is 9.80. The molecule has 0 unspecified atom stereocenters. The van der Waals surface area contributed by atoms with Crippen LogP contribution in [0.15, 0.2) is 24.8 Å². The first-order valence-corrected chi connectivity index (χ1v) is 6.01. The molecule has 100 valence electrons. The number of aliphatic hydroxyl groups excluding tert-OH is 1. The summed E-state index contributed by atoms with van der Waals surface area (Å²) in [5.74, 6) is 0.518. The number of rotatable bonds is 7. The second kappa shape index (κ2) is 7.03. The minimum Gasteiger partial charge on any atom is -0.504 e. The van der Waals surface area contributed by atoms with Crippen molar-refractivity contribution in [2.45, 2.75) is 25.3 Å². The van der Waals surface area contributed by atoms with Crippen LogP contribution in [-0.2, 0) is 6.42 Å². The van der Waals surface area contributed by atoms with Crippen LogP contribution in [0.2, 0.25) is 0 Å². The van der Waals surface area contributed by atoms with Crippen LogP contribution in [0.1, 0.15) is 30.0 Å². The van der Waals surface area contributed by atoms with Crippen LogP contribution in [0.5, 0.6) is 11.5 Å². The number of allylic oxidation sites excluding steroid dienone is 1. The Labute approximate surface area is 108 Å². The topological polar surface area (TPSA) is 75.7 Å². The Hall–Kier alpha value is -1.52. The average Bonchev–Trinajstić information content (AvgIpc) is 2.37. The third-order valence-corrected chi connectivity index (χ3v) is 2.88. The van der Waals surface area contributed by atoms with Gasteiger partial charge in [0.15, 0.2) is 11.5 Å². The third-order valence-electron chi connectivity index (χ3n) is 2.88. The zero-order chi connectivity index (χ0) is 13.5. The van der Waals surface area contributed by atoms with Crippen LogP contribution >= 0.6 is 0 Å². The first kappa shape index (κ1) is 14.5. The van der Waals surface area contributed by atoms with Crippen LogP contribution in [0.25, 0.3) is 0 Å². The van der Waals surface area contributed by atoms with Gasteiger partial charge in [0.1, 0.15) is 0 Å². The van der Waals surface area contributed by atoms with E-state index in [2.05, 4.69) is 6.58 Å². The number of phenolic OH excluding ortho intramolecular Hbond substituents is 1. The monoisotopic (exact) mass is 251 g/mol. The first-order valence-electron chi connectivity index (χ1n) is 6.01. The molecule has 4 N–H and O–H groups in total. The summed E-state index contributed by atoms with van der Waals surface area (Å²) in [7, 11) is 1.51. The lowest BCUT2D eigenvalue weighted by molar-refractivity contribution is 0.279. The van der Waals surface area contributed by atoms with Gasteiger partial charge in [0.2, 0.25) is 0 Å². The van der Waals surface area contributed by atoms with Gasteiger partial charge in [-0.2, -0.15) is 0 Å². The second-order valence-corrected chi connectivity index (χ2v) is 4.19. The zero-order valence-electron chi connectivity index (χ0n) is 10.7. The Morgan fingerprint density at radius 2 is 2.22 bits per heavy atom. The molecule has 0 aliphatic heterocycles. The first-order chi connectivity index (χ1) is 8.63. The van der Waals surface area contributed by atoms with E-state index in [1.54, 1.807) is 18.2 Å². The van der Waals surface area contributed by atoms with Gasteiger partial charge in [0, 0.05) is 12.6 Å². The summed E-state index contributed by atoms with van der Waals surface area (Å²) in [6, 6.07) is 3.22. The molecule has 0 bridgehead atoms. The molecule has 0 spiro atoms. The molecular weight excluding hydrogens is 230 g/mol. The summed E-state index contributed by atoms with van der Waals surface area (Å²) in [6.45, 7) is 3.83. The Bertz CT molecular complexity index is 404. The Morgan fingerprint density at radius 1 is 1.50 bits per heavy atom. The molecule has 1 aromatic carbocycles. The number of aliphatic hydroxyl groups is 1. The van der Waals surface area contributed by atoms with Gasteiger partial charge in [-0.05, 0) is 42.5 Å². The molecule has 18 heavy (non-hydrogen) atoms. The van der Waals surface area contributed by atoms with Crippen LogP contribution in [0.3, 0.4) is 0 Å². The highest BCUT2D eigenvalue weighted by molar-refractivity contribution is 5.48. The van der Waals surface area contributed by atoms with Crippen molar-refractivity contribution in [2.24, 2.45) is 5.73 Å². The van der Waals surface area contributed by atoms with E-state index in [1.165, 1.54) is 7.11 Å². The van der Waals surface area contributed by atoms with Gasteiger partial charge < -0.3 is 20.7 Å². The quantitative estimate of drug-likeness (QED) is 0.647. The van der Waals surface area contributed by atoms with Crippen molar-refractivity contribution in [1.29, 1.82) is 0 Å². The zero-order valence-corrected chi connectivity index (χ0v) is 10.7. The number of hydrogen-bond donors (Lipinski definition) is 3. The van der Waals surface area contributed by atoms with E-state index >= 15 is 0 Å². The summed E-state index contributed by atoms with van der Waals surface area (Å²) in [5.41, 5.74) is 7.94. The molecule has 4 heteroatoms. The van der Waals surface area contributed by atoms with E-state index in [0.29, 0.717) is 25.0 Å². The lowest BCUT2D eigenvalue weighted by atomic mass is 9.95. The molecule has 0 fully saturated rings. The van der Waals surface area contributed by atoms with Crippen LogP contribution in [-0.4, -0.2) is 23.9 Å². The summed E-state index contributed by atoms with van der Waals surface area (Å²) in [6.07, 6.45) is 3.76. The molecule has 0 saturated heterocycles. The SMILES string of the molecule is C=CCc1cc(OC)c(O)cc1[C@@H](N)CCCO. The molecule has 0 radical (unpaired) electrons. The highest BCUT2D eigenvalue weighted by Crippen LogP contribution is 2.33. The van der Waals surface area contributed by atoms with Crippen molar-refractivity contribution in [3.63, 3.8) is 0 Å². The summed E-state index contributed by atoms with van der Waals surface area (Å²) in [5, 5.41) is 18.6. The number of benzene rings is 1. The van der Waals surface area contributed by atoms with Crippen molar-refractivity contribution in [2.75, 3.05) is 13.7 Å². The Balaban J connectivity index is 3.07. The van der Waals surface area contributed by atoms with E-state index in [1.807, 2.05) is 0 Å². The molecule has 0 amide bonds. The fourth-order valence-corrected chi connectivity index (χ4v) is 1.93. The minimum absolute atomic E-state index is 0.0831. The highest BCUT2D eigenvalue weighted by Gasteiger charge is 2.14. The van der Waals surface area contributed by atoms with E-state index < -0.39 is 0 Å². The van der Waals surface area contributed by atoms with Crippen LogP contribution < -0.4 is 10.5 Å². The predicted octanol–water partition coefficient (Wildman–Crippen LogP) is 1.90. The molecule has 1 aromatic rings. The molecule has 0 aliphatic rings. The molecule has 0 heterocycles. The number of phenols is 1. The van der Waals surface area contributed by atoms with Crippen molar-refractivity contribution in [3.05, 3.63) is 35.9 Å². The summed E-state index contributed by atoms with van der Waals surface area (Å²) < 4.78 is 5.08. The average molecular weight is 251 g/mol. The minimum atomic E-state index is -0.205. The number of ether oxygens (including phenoxy) is 1. The van der Waals surface area contributed by atoms with Crippen molar-refractivity contribution < 1.29 is 14.9 Å². The number of aromatic hydroxyl groups is 1. The van der Waals surface area contributed by atoms with Crippen LogP contribution in [0, 0.1) is 0 Å². The third kappa shape index (κ3) is 3.48. The maximum atomic E-state index is 9.80. The lowest BCUT2D eigenvalue weighted by Gasteiger charge is -2.17. The smallest absolute Gasteiger partial charge is 0.160 e. The standard InChI is InChI=1S/C14H21NO3/c1-3-5-10-8-14(18-2)13(17)9-11(10)12(15)6-4-7-16/h3,8-9,12,16-17H,1,4-7,15H2,2H3/t12-/m0/s1. The fourth-order valence-electron chi connectivity index (χ4n) is 1.93. The molecule has 0 aliphatic carbocycles. The Morgan fingerprint density at radius 3 is 2.78 bits per heavy atom. The fraction of sp³-hybridized carbons (Fsp3) is 0.429. The van der Waals surface area contributed by atoms with Gasteiger partial charge in [-0.1, -0.05) is 6.08 Å². The molecule has 4 nitrogen and oxygen atoms in total. The van der Waals surface area contributed by atoms with Gasteiger partial charge in [0.05, 0.1) is 7.11 Å². The van der Waals surface area contributed by atoms with Gasteiger partial charge in [-0.3, -0.25) is 0 Å². The number of hydrogen-bond acceptors (Lipinski definition) is 4. The van der Waals surface area contributed by atoms with E-state index in [9.17, 15) is 5.11 Å². The lowest BCUT2D eigenvalue weighted by Crippen LogP contribution is -2.13. The van der Waals surface area contributed by atoms with Crippen molar-refractivity contribution >= 4 is 0 Å². The van der Waals surface area contributed by atoms with Crippen molar-refractivity contribution in [3.8, 4) is 11.5 Å². The largest absolute Gasteiger partial charge is 0.504 e. The Kier molecular flexibility index (Phi) is 5.68. The predicted molar refractivity (Wildman–Crippen MR) is 71.8 cm³/mol.